The van der Waals surface area contributed by atoms with E-state index in [-0.39, 0.29) is 17.9 Å². The maximum absolute atomic E-state index is 13.2. The number of amides is 1. The molecule has 1 saturated carbocycles. The highest BCUT2D eigenvalue weighted by atomic mass is 16.5. The number of rotatable bonds is 7. The fourth-order valence-corrected chi connectivity index (χ4v) is 5.29. The topological polar surface area (TPSA) is 58.6 Å². The molecule has 1 unspecified atom stereocenters. The molecule has 1 fully saturated rings. The molecule has 0 spiro atoms. The Hall–Kier alpha value is -2.66. The van der Waals surface area contributed by atoms with Gasteiger partial charge in [-0.25, -0.2) is 4.79 Å². The third-order valence-corrected chi connectivity index (χ3v) is 6.99. The van der Waals surface area contributed by atoms with Crippen LogP contribution < -0.4 is 5.32 Å². The molecule has 5 nitrogen and oxygen atoms in total. The molecule has 1 amide bonds. The zero-order valence-electron chi connectivity index (χ0n) is 19.0. The van der Waals surface area contributed by atoms with Crippen molar-refractivity contribution in [2.45, 2.75) is 51.0 Å². The van der Waals surface area contributed by atoms with E-state index in [1.807, 2.05) is 12.1 Å². The predicted octanol–water partition coefficient (Wildman–Crippen LogP) is 4.31. The number of carbonyl (C=O) groups is 2. The molecule has 1 aliphatic heterocycles. The number of fused-ring (bicyclic) bond motifs is 1. The molecule has 0 aromatic heterocycles. The van der Waals surface area contributed by atoms with Crippen molar-refractivity contribution >= 4 is 11.9 Å². The number of nitrogens with zero attached hydrogens (tertiary/aromatic N) is 1. The SMILES string of the molecule is COC(=O)c1ccc(CCNCC(=O)N2CCc3ccccc3C2C2CCCCC2)cc1. The van der Waals surface area contributed by atoms with Gasteiger partial charge in [0.05, 0.1) is 25.3 Å². The Morgan fingerprint density at radius 1 is 1.03 bits per heavy atom. The minimum Gasteiger partial charge on any atom is -0.465 e. The van der Waals surface area contributed by atoms with E-state index in [9.17, 15) is 9.59 Å². The first-order valence-corrected chi connectivity index (χ1v) is 11.9. The molecule has 2 aromatic carbocycles. The van der Waals surface area contributed by atoms with E-state index in [1.165, 1.54) is 50.3 Å². The highest BCUT2D eigenvalue weighted by molar-refractivity contribution is 5.89. The van der Waals surface area contributed by atoms with Gasteiger partial charge in [0, 0.05) is 6.54 Å². The minimum absolute atomic E-state index is 0.205. The van der Waals surface area contributed by atoms with Crippen LogP contribution in [-0.2, 0) is 22.4 Å². The molecule has 2 aromatic rings. The molecular weight excluding hydrogens is 400 g/mol. The first kappa shape index (κ1) is 22.5. The van der Waals surface area contributed by atoms with Crippen molar-refractivity contribution in [3.8, 4) is 0 Å². The lowest BCUT2D eigenvalue weighted by atomic mass is 9.77. The van der Waals surface area contributed by atoms with E-state index < -0.39 is 0 Å². The van der Waals surface area contributed by atoms with Crippen molar-refractivity contribution in [3.05, 3.63) is 70.8 Å². The summed E-state index contributed by atoms with van der Waals surface area (Å²) < 4.78 is 4.74. The second-order valence-corrected chi connectivity index (χ2v) is 8.99. The Kier molecular flexibility index (Phi) is 7.59. The first-order valence-electron chi connectivity index (χ1n) is 11.9. The van der Waals surface area contributed by atoms with Crippen LogP contribution in [0.2, 0.25) is 0 Å². The molecule has 2 aliphatic rings. The zero-order valence-corrected chi connectivity index (χ0v) is 19.0. The maximum atomic E-state index is 13.2. The molecule has 0 bridgehead atoms. The number of hydrogen-bond acceptors (Lipinski definition) is 4. The second kappa shape index (κ2) is 10.8. The number of hydrogen-bond donors (Lipinski definition) is 1. The van der Waals surface area contributed by atoms with Gasteiger partial charge in [-0.1, -0.05) is 55.7 Å². The molecule has 5 heteroatoms. The van der Waals surface area contributed by atoms with Crippen LogP contribution in [0, 0.1) is 5.92 Å². The normalized spacial score (nSPS) is 18.8. The number of esters is 1. The van der Waals surface area contributed by atoms with Gasteiger partial charge in [0.15, 0.2) is 0 Å². The molecule has 170 valence electrons. The Morgan fingerprint density at radius 3 is 2.53 bits per heavy atom. The van der Waals surface area contributed by atoms with Crippen LogP contribution in [0.5, 0.6) is 0 Å². The smallest absolute Gasteiger partial charge is 0.337 e. The summed E-state index contributed by atoms with van der Waals surface area (Å²) in [6.45, 7) is 1.90. The van der Waals surface area contributed by atoms with Crippen molar-refractivity contribution < 1.29 is 14.3 Å². The van der Waals surface area contributed by atoms with Crippen LogP contribution in [0.4, 0.5) is 0 Å². The van der Waals surface area contributed by atoms with Crippen LogP contribution in [0.15, 0.2) is 48.5 Å². The van der Waals surface area contributed by atoms with Gasteiger partial charge in [-0.2, -0.15) is 0 Å². The van der Waals surface area contributed by atoms with Crippen LogP contribution in [0.25, 0.3) is 0 Å². The highest BCUT2D eigenvalue weighted by Crippen LogP contribution is 2.41. The lowest BCUT2D eigenvalue weighted by molar-refractivity contribution is -0.134. The third kappa shape index (κ3) is 5.21. The Morgan fingerprint density at radius 2 is 1.78 bits per heavy atom. The van der Waals surface area contributed by atoms with Crippen LogP contribution in [0.3, 0.4) is 0 Å². The summed E-state index contributed by atoms with van der Waals surface area (Å²) in [5.41, 5.74) is 4.46. The Labute approximate surface area is 191 Å². The van der Waals surface area contributed by atoms with Gasteiger partial charge in [-0.05, 0) is 67.0 Å². The molecule has 0 radical (unpaired) electrons. The quantitative estimate of drug-likeness (QED) is 0.521. The van der Waals surface area contributed by atoms with E-state index in [0.717, 1.165) is 31.5 Å². The summed E-state index contributed by atoms with van der Waals surface area (Å²) in [5.74, 6) is 0.453. The van der Waals surface area contributed by atoms with E-state index in [2.05, 4.69) is 34.5 Å². The van der Waals surface area contributed by atoms with Gasteiger partial charge >= 0.3 is 5.97 Å². The lowest BCUT2D eigenvalue weighted by Crippen LogP contribution is -2.47. The summed E-state index contributed by atoms with van der Waals surface area (Å²) in [4.78, 5) is 26.9. The molecule has 1 N–H and O–H groups in total. The zero-order chi connectivity index (χ0) is 22.3. The molecule has 32 heavy (non-hydrogen) atoms. The molecule has 0 saturated heterocycles. The number of methoxy groups -OCH3 is 1. The van der Waals surface area contributed by atoms with Gasteiger partial charge in [-0.15, -0.1) is 0 Å². The summed E-state index contributed by atoms with van der Waals surface area (Å²) in [7, 11) is 1.39. The van der Waals surface area contributed by atoms with E-state index in [0.29, 0.717) is 18.0 Å². The predicted molar refractivity (Wildman–Crippen MR) is 126 cm³/mol. The van der Waals surface area contributed by atoms with Gasteiger partial charge in [0.25, 0.3) is 0 Å². The van der Waals surface area contributed by atoms with Crippen molar-refractivity contribution in [2.75, 3.05) is 26.7 Å². The number of carbonyl (C=O) groups excluding carboxylic acids is 2. The molecule has 1 aliphatic carbocycles. The van der Waals surface area contributed by atoms with Gasteiger partial charge < -0.3 is 15.0 Å². The van der Waals surface area contributed by atoms with E-state index in [4.69, 9.17) is 4.74 Å². The van der Waals surface area contributed by atoms with Crippen molar-refractivity contribution in [1.29, 1.82) is 0 Å². The number of ether oxygens (including phenoxy) is 1. The second-order valence-electron chi connectivity index (χ2n) is 8.99. The number of benzene rings is 2. The molecular formula is C27H34N2O3. The van der Waals surface area contributed by atoms with Gasteiger partial charge in [0.1, 0.15) is 0 Å². The lowest BCUT2D eigenvalue weighted by Gasteiger charge is -2.43. The summed E-state index contributed by atoms with van der Waals surface area (Å²) in [6.07, 6.45) is 8.06. The van der Waals surface area contributed by atoms with Crippen LogP contribution in [-0.4, -0.2) is 43.5 Å². The average Bonchev–Trinajstić information content (AvgIpc) is 2.86. The monoisotopic (exact) mass is 434 g/mol. The molecule has 4 rings (SSSR count). The molecule has 1 atom stereocenters. The Bertz CT molecular complexity index is 919. The Balaban J connectivity index is 1.34. The largest absolute Gasteiger partial charge is 0.465 e. The summed E-state index contributed by atoms with van der Waals surface area (Å²) in [6, 6.07) is 16.4. The van der Waals surface area contributed by atoms with Crippen molar-refractivity contribution in [1.82, 2.24) is 10.2 Å². The number of nitrogens with one attached hydrogen (secondary N) is 1. The first-order chi connectivity index (χ1) is 15.7. The summed E-state index contributed by atoms with van der Waals surface area (Å²) in [5, 5.41) is 3.34. The maximum Gasteiger partial charge on any atom is 0.337 e. The van der Waals surface area contributed by atoms with Crippen molar-refractivity contribution in [2.24, 2.45) is 5.92 Å². The third-order valence-electron chi connectivity index (χ3n) is 6.99. The fraction of sp³-hybridized carbons (Fsp3) is 0.481. The highest BCUT2D eigenvalue weighted by Gasteiger charge is 2.36. The fourth-order valence-electron chi connectivity index (χ4n) is 5.29. The van der Waals surface area contributed by atoms with E-state index >= 15 is 0 Å². The van der Waals surface area contributed by atoms with Crippen LogP contribution >= 0.6 is 0 Å². The van der Waals surface area contributed by atoms with Crippen molar-refractivity contribution in [3.63, 3.8) is 0 Å². The average molecular weight is 435 g/mol. The summed E-state index contributed by atoms with van der Waals surface area (Å²) >= 11 is 0. The standard InChI is InChI=1S/C27H34N2O3/c1-32-27(31)23-13-11-20(12-14-23)15-17-28-19-25(30)29-18-16-21-7-5-6-10-24(21)26(29)22-8-3-2-4-9-22/h5-7,10-14,22,26,28H,2-4,8-9,15-19H2,1H3. The van der Waals surface area contributed by atoms with E-state index in [1.54, 1.807) is 12.1 Å². The minimum atomic E-state index is -0.323. The van der Waals surface area contributed by atoms with Gasteiger partial charge in [-0.3, -0.25) is 4.79 Å². The van der Waals surface area contributed by atoms with Gasteiger partial charge in [0.2, 0.25) is 5.91 Å². The molecule has 1 heterocycles. The van der Waals surface area contributed by atoms with Crippen LogP contribution in [0.1, 0.15) is 65.2 Å².